The Morgan fingerprint density at radius 3 is 2.18 bits per heavy atom. The minimum absolute atomic E-state index is 0.00873. The van der Waals surface area contributed by atoms with Crippen molar-refractivity contribution in [3.05, 3.63) is 79.4 Å². The highest BCUT2D eigenvalue weighted by molar-refractivity contribution is 7.91. The van der Waals surface area contributed by atoms with Crippen molar-refractivity contribution in [2.24, 2.45) is 11.8 Å². The maximum Gasteiger partial charge on any atom is 0.192 e. The predicted molar refractivity (Wildman–Crippen MR) is 249 cm³/mol. The molecule has 340 valence electrons. The first-order valence-corrected chi connectivity index (χ1v) is 29.7. The topological polar surface area (TPSA) is 98.8 Å². The van der Waals surface area contributed by atoms with E-state index in [1.165, 1.54) is 0 Å². The van der Waals surface area contributed by atoms with Crippen LogP contribution in [0.15, 0.2) is 84.3 Å². The molecule has 0 N–H and O–H groups in total. The maximum absolute atomic E-state index is 14.1. The van der Waals surface area contributed by atoms with E-state index in [4.69, 9.17) is 32.5 Å². The monoisotopic (exact) mass is 889 g/mol. The van der Waals surface area contributed by atoms with Gasteiger partial charge in [0.25, 0.3) is 0 Å². The summed E-state index contributed by atoms with van der Waals surface area (Å²) in [5.74, 6) is -0.334. The summed E-state index contributed by atoms with van der Waals surface area (Å²) in [6.07, 6.45) is 8.11. The molecule has 3 aliphatic rings. The highest BCUT2D eigenvalue weighted by Gasteiger charge is 2.50. The van der Waals surface area contributed by atoms with Crippen LogP contribution in [-0.4, -0.2) is 107 Å². The van der Waals surface area contributed by atoms with Gasteiger partial charge in [-0.2, -0.15) is 0 Å². The lowest BCUT2D eigenvalue weighted by Crippen LogP contribution is -2.49. The third-order valence-corrected chi connectivity index (χ3v) is 24.7. The summed E-state index contributed by atoms with van der Waals surface area (Å²) in [7, 11) is -6.37. The summed E-state index contributed by atoms with van der Waals surface area (Å²) >= 11 is 0. The number of hydrogen-bond donors (Lipinski definition) is 0. The summed E-state index contributed by atoms with van der Waals surface area (Å²) < 4.78 is 74.3. The van der Waals surface area contributed by atoms with Gasteiger partial charge >= 0.3 is 0 Å². The van der Waals surface area contributed by atoms with Crippen molar-refractivity contribution in [2.75, 3.05) is 32.7 Å². The van der Waals surface area contributed by atoms with Gasteiger partial charge in [0.05, 0.1) is 79.3 Å². The molecule has 9 nitrogen and oxygen atoms in total. The fourth-order valence-corrected chi connectivity index (χ4v) is 12.1. The lowest BCUT2D eigenvalue weighted by atomic mass is 9.83. The number of hydrogen-bond acceptors (Lipinski definition) is 9. The van der Waals surface area contributed by atoms with Crippen LogP contribution >= 0.6 is 0 Å². The van der Waals surface area contributed by atoms with Gasteiger partial charge in [-0.3, -0.25) is 0 Å². The molecular formula is C48H80O9SSi2. The standard InChI is InChI=1S/C48H80O9SSi2/c1-16-26-52-27-20-21-37-29-35(3)42(54-37)25-24-38-28-34(2)36(4)43(55-38)31-44-41(33-58(49,50)40-22-18-17-19-23-40)46(51-11)45(56-44)30-39(57-60(14,15)48(8,9)10)32-53-59(12,13)47(5,6)7/h16-23,34,37-39,41-46H,1,3-4,24-33H2,2,5-15H3/b21-20+/t34-,37?,38+,39?,41?,42?,43?,44+,45?,46-/m1/s1. The zero-order valence-corrected chi connectivity index (χ0v) is 42.0. The summed E-state index contributed by atoms with van der Waals surface area (Å²) in [4.78, 5) is 0.297. The largest absolute Gasteiger partial charge is 0.414 e. The van der Waals surface area contributed by atoms with Crippen LogP contribution in [0.5, 0.6) is 0 Å². The quantitative estimate of drug-likeness (QED) is 0.0679. The van der Waals surface area contributed by atoms with E-state index in [-0.39, 0.29) is 52.3 Å². The average Bonchev–Trinajstić information content (AvgIpc) is 3.67. The molecule has 3 saturated heterocycles. The third-order valence-electron chi connectivity index (χ3n) is 13.9. The molecule has 0 aliphatic carbocycles. The molecule has 60 heavy (non-hydrogen) atoms. The normalized spacial score (nSPS) is 29.1. The van der Waals surface area contributed by atoms with Crippen LogP contribution in [-0.2, 0) is 42.4 Å². The second kappa shape index (κ2) is 21.3. The molecule has 6 unspecified atom stereocenters. The van der Waals surface area contributed by atoms with Gasteiger partial charge < -0.3 is 32.5 Å². The fourth-order valence-electron chi connectivity index (χ4n) is 8.07. The van der Waals surface area contributed by atoms with Crippen LogP contribution in [0.3, 0.4) is 0 Å². The van der Waals surface area contributed by atoms with E-state index >= 15 is 0 Å². The summed E-state index contributed by atoms with van der Waals surface area (Å²) in [5.41, 5.74) is 2.12. The van der Waals surface area contributed by atoms with Gasteiger partial charge in [0.1, 0.15) is 0 Å². The Balaban J connectivity index is 1.56. The number of benzene rings is 1. The molecule has 0 spiro atoms. The van der Waals surface area contributed by atoms with Crippen molar-refractivity contribution < 1.29 is 41.0 Å². The van der Waals surface area contributed by atoms with Gasteiger partial charge in [-0.1, -0.05) is 98.1 Å². The molecule has 3 aliphatic heterocycles. The smallest absolute Gasteiger partial charge is 0.192 e. The third kappa shape index (κ3) is 13.6. The van der Waals surface area contributed by atoms with Gasteiger partial charge in [-0.15, -0.1) is 6.58 Å². The Hall–Kier alpha value is -1.72. The second-order valence-corrected chi connectivity index (χ2v) is 32.1. The fraction of sp³-hybridized carbons (Fsp3) is 0.708. The number of rotatable bonds is 21. The van der Waals surface area contributed by atoms with Crippen molar-refractivity contribution in [2.45, 2.75) is 177 Å². The van der Waals surface area contributed by atoms with Gasteiger partial charge in [0.15, 0.2) is 26.5 Å². The average molecular weight is 889 g/mol. The molecule has 0 aromatic heterocycles. The van der Waals surface area contributed by atoms with Crippen molar-refractivity contribution in [1.29, 1.82) is 0 Å². The molecule has 0 radical (unpaired) electrons. The zero-order valence-electron chi connectivity index (χ0n) is 39.2. The molecule has 4 rings (SSSR count). The van der Waals surface area contributed by atoms with Crippen molar-refractivity contribution in [3.8, 4) is 0 Å². The van der Waals surface area contributed by atoms with E-state index < -0.39 is 50.7 Å². The minimum atomic E-state index is -3.68. The molecule has 3 fully saturated rings. The van der Waals surface area contributed by atoms with E-state index in [9.17, 15) is 8.42 Å². The Kier molecular flexibility index (Phi) is 18.1. The van der Waals surface area contributed by atoms with Crippen LogP contribution in [0.2, 0.25) is 36.3 Å². The van der Waals surface area contributed by atoms with Crippen LogP contribution in [0.25, 0.3) is 0 Å². The van der Waals surface area contributed by atoms with Crippen LogP contribution < -0.4 is 0 Å². The van der Waals surface area contributed by atoms with Gasteiger partial charge in [-0.25, -0.2) is 8.42 Å². The predicted octanol–water partition coefficient (Wildman–Crippen LogP) is 10.7. The molecule has 0 saturated carbocycles. The SMILES string of the molecule is C=CCOC/C=C/C1CC(=C)C(CC[C@H]2C[C@@H](C)C(=C)C(C[C@@H]3OC(CC(CO[Si](C)(C)C(C)(C)C)O[Si](C)(C)C(C)(C)C)[C@H](OC)C3CS(=O)(=O)c3ccccc3)O2)O1. The Morgan fingerprint density at radius 1 is 0.900 bits per heavy atom. The first kappa shape index (κ1) is 50.9. The molecule has 10 atom stereocenters. The number of methoxy groups -OCH3 is 1. The summed E-state index contributed by atoms with van der Waals surface area (Å²) in [6.45, 7) is 38.8. The van der Waals surface area contributed by atoms with E-state index in [0.29, 0.717) is 37.6 Å². The highest BCUT2D eigenvalue weighted by atomic mass is 32.2. The summed E-state index contributed by atoms with van der Waals surface area (Å²) in [6, 6.07) is 8.70. The minimum Gasteiger partial charge on any atom is -0.414 e. The Bertz CT molecular complexity index is 1700. The molecule has 12 heteroatoms. The zero-order chi connectivity index (χ0) is 44.7. The molecule has 1 aromatic carbocycles. The van der Waals surface area contributed by atoms with Gasteiger partial charge in [0.2, 0.25) is 0 Å². The maximum atomic E-state index is 14.1. The van der Waals surface area contributed by atoms with E-state index in [1.54, 1.807) is 37.5 Å². The molecule has 0 bridgehead atoms. The van der Waals surface area contributed by atoms with Crippen molar-refractivity contribution in [1.82, 2.24) is 0 Å². The molecule has 0 amide bonds. The molecular weight excluding hydrogens is 809 g/mol. The van der Waals surface area contributed by atoms with E-state index in [0.717, 1.165) is 36.8 Å². The molecule has 3 heterocycles. The van der Waals surface area contributed by atoms with Crippen molar-refractivity contribution in [3.63, 3.8) is 0 Å². The van der Waals surface area contributed by atoms with Crippen LogP contribution in [0.1, 0.15) is 87.0 Å². The van der Waals surface area contributed by atoms with Crippen molar-refractivity contribution >= 4 is 26.5 Å². The lowest BCUT2D eigenvalue weighted by molar-refractivity contribution is -0.0777. The Labute approximate surface area is 366 Å². The van der Waals surface area contributed by atoms with Crippen LogP contribution in [0, 0.1) is 11.8 Å². The van der Waals surface area contributed by atoms with Gasteiger partial charge in [0, 0.05) is 32.3 Å². The Morgan fingerprint density at radius 2 is 1.57 bits per heavy atom. The first-order valence-electron chi connectivity index (χ1n) is 22.2. The van der Waals surface area contributed by atoms with E-state index in [2.05, 4.69) is 100 Å². The number of ether oxygens (including phenoxy) is 5. The highest BCUT2D eigenvalue weighted by Crippen LogP contribution is 2.44. The summed E-state index contributed by atoms with van der Waals surface area (Å²) in [5, 5.41) is 0.0161. The number of sulfone groups is 1. The molecule has 1 aromatic rings. The first-order chi connectivity index (χ1) is 27.9. The van der Waals surface area contributed by atoms with Crippen LogP contribution in [0.4, 0.5) is 0 Å². The second-order valence-electron chi connectivity index (χ2n) is 20.5. The van der Waals surface area contributed by atoms with Gasteiger partial charge in [-0.05, 0) is 84.7 Å². The lowest BCUT2D eigenvalue weighted by Gasteiger charge is -2.42. The van der Waals surface area contributed by atoms with E-state index in [1.807, 2.05) is 12.1 Å².